The fourth-order valence-electron chi connectivity index (χ4n) is 11.4. The van der Waals surface area contributed by atoms with Crippen LogP contribution in [-0.2, 0) is 23.0 Å². The summed E-state index contributed by atoms with van der Waals surface area (Å²) >= 11 is -3.62. The van der Waals surface area contributed by atoms with E-state index >= 15 is 0 Å². The van der Waals surface area contributed by atoms with Gasteiger partial charge < -0.3 is 24.8 Å². The van der Waals surface area contributed by atoms with Gasteiger partial charge in [0, 0.05) is 0 Å². The van der Waals surface area contributed by atoms with Crippen molar-refractivity contribution in [2.45, 2.75) is 39.1 Å². The molecule has 297 valence electrons. The average molecular weight is 922 g/mol. The maximum atomic E-state index is 2.57. The summed E-state index contributed by atoms with van der Waals surface area (Å²) in [5.74, 6) is 0. The molecule has 0 fully saturated rings. The number of benzene rings is 9. The molecule has 0 bridgehead atoms. The van der Waals surface area contributed by atoms with Crippen molar-refractivity contribution in [3.8, 4) is 0 Å². The minimum absolute atomic E-state index is 0. The Morgan fingerprint density at radius 3 is 1.23 bits per heavy atom. The molecule has 0 radical (unpaired) electrons. The summed E-state index contributed by atoms with van der Waals surface area (Å²) in [7, 11) is 0. The Morgan fingerprint density at radius 2 is 0.787 bits per heavy atom. The van der Waals surface area contributed by atoms with E-state index in [0.29, 0.717) is 7.25 Å². The van der Waals surface area contributed by atoms with Crippen molar-refractivity contribution in [3.63, 3.8) is 0 Å². The van der Waals surface area contributed by atoms with Crippen molar-refractivity contribution in [3.05, 3.63) is 237 Å². The van der Waals surface area contributed by atoms with Gasteiger partial charge in [-0.25, -0.2) is 0 Å². The maximum absolute atomic E-state index is 3.62. The molecule has 0 nitrogen and oxygen atoms in total. The molecule has 0 saturated heterocycles. The van der Waals surface area contributed by atoms with E-state index in [-0.39, 0.29) is 24.8 Å². The Hall–Kier alpha value is -4.82. The number of aryl methyl sites for hydroxylation is 2. The zero-order valence-corrected chi connectivity index (χ0v) is 40.5. The summed E-state index contributed by atoms with van der Waals surface area (Å²) in [6.07, 6.45) is 0. The summed E-state index contributed by atoms with van der Waals surface area (Å²) in [5, 5.41) is 10.5. The third-order valence-electron chi connectivity index (χ3n) is 13.8. The van der Waals surface area contributed by atoms with Gasteiger partial charge in [0.15, 0.2) is 0 Å². The van der Waals surface area contributed by atoms with Gasteiger partial charge >= 0.3 is 356 Å². The van der Waals surface area contributed by atoms with E-state index in [1.807, 2.05) is 0 Å². The normalized spacial score (nSPS) is 16.2. The van der Waals surface area contributed by atoms with Crippen LogP contribution < -0.4 is 24.8 Å². The molecular weight excluding hydrogens is 875 g/mol. The number of allylic oxidation sites excluding steroid dienone is 2. The standard InChI is InChI=1S/2C25H19.C7H7.2ClH.H2Si.Zr/c2*1-16-10-11-22-21(12-16)13-17(2)25(22)23-9-5-8-20-14-18-6-3-4-7-19(18)15-24(20)23;1-7-5-3-2-4-6-7;;;;/h2*3-15H,1-2H3;2-6H,1H2;2*1H;1H2;/q;;;;;;+2/p-2. The Bertz CT molecular complexity index is 3140. The molecule has 2 aliphatic rings. The Labute approximate surface area is 378 Å². The molecule has 0 heterocycles. The van der Waals surface area contributed by atoms with E-state index < -0.39 is 18.9 Å². The second kappa shape index (κ2) is 16.1. The van der Waals surface area contributed by atoms with Gasteiger partial charge in [-0.3, -0.25) is 0 Å². The molecule has 2 aliphatic carbocycles. The zero-order chi connectivity index (χ0) is 40.0. The van der Waals surface area contributed by atoms with Crippen LogP contribution in [0, 0.1) is 13.8 Å². The zero-order valence-electron chi connectivity index (χ0n) is 35.1. The second-order valence-electron chi connectivity index (χ2n) is 17.5. The molecule has 11 rings (SSSR count). The van der Waals surface area contributed by atoms with Crippen molar-refractivity contribution >= 4 is 61.1 Å². The third-order valence-corrected chi connectivity index (χ3v) is 32.0. The third kappa shape index (κ3) is 6.74. The Morgan fingerprint density at radius 1 is 0.393 bits per heavy atom. The van der Waals surface area contributed by atoms with E-state index in [1.54, 1.807) is 22.3 Å². The van der Waals surface area contributed by atoms with Gasteiger partial charge in [-0.1, -0.05) is 0 Å². The van der Waals surface area contributed by atoms with Crippen molar-refractivity contribution in [2.24, 2.45) is 0 Å². The smallest absolute Gasteiger partial charge is 1.00 e. The monoisotopic (exact) mass is 919 g/mol. The first kappa shape index (κ1) is 41.5. The van der Waals surface area contributed by atoms with Crippen LogP contribution in [0.15, 0.2) is 187 Å². The van der Waals surface area contributed by atoms with Gasteiger partial charge in [-0.15, -0.1) is 0 Å². The molecule has 4 heteroatoms. The van der Waals surface area contributed by atoms with E-state index in [4.69, 9.17) is 0 Å². The van der Waals surface area contributed by atoms with Gasteiger partial charge in [0.25, 0.3) is 0 Å². The van der Waals surface area contributed by atoms with E-state index in [0.717, 1.165) is 0 Å². The number of hydrogen-bond acceptors (Lipinski definition) is 0. The Kier molecular flexibility index (Phi) is 11.0. The number of halogens is 2. The predicted octanol–water partition coefficient (Wildman–Crippen LogP) is 8.28. The van der Waals surface area contributed by atoms with Crippen LogP contribution in [-0.4, -0.2) is 6.88 Å². The van der Waals surface area contributed by atoms with Gasteiger partial charge in [-0.2, -0.15) is 0 Å². The van der Waals surface area contributed by atoms with Gasteiger partial charge in [-0.05, 0) is 0 Å². The van der Waals surface area contributed by atoms with Crippen LogP contribution in [0.3, 0.4) is 0 Å². The topological polar surface area (TPSA) is 0 Å². The average Bonchev–Trinajstić information content (AvgIpc) is 3.70. The largest absolute Gasteiger partial charge is 1.00 e. The second-order valence-corrected chi connectivity index (χ2v) is 35.1. The molecule has 0 aromatic heterocycles. The van der Waals surface area contributed by atoms with Crippen molar-refractivity contribution in [1.29, 1.82) is 0 Å². The summed E-state index contributed by atoms with van der Waals surface area (Å²) in [5.41, 5.74) is 19.0. The molecule has 9 aromatic carbocycles. The minimum Gasteiger partial charge on any atom is -1.00 e. The molecule has 0 N–H and O–H groups in total. The van der Waals surface area contributed by atoms with Crippen molar-refractivity contribution in [2.75, 3.05) is 0 Å². The maximum Gasteiger partial charge on any atom is -1.00 e. The first-order valence-corrected chi connectivity index (χ1v) is 31.6. The van der Waals surface area contributed by atoms with Crippen LogP contribution in [0.2, 0.25) is 0 Å². The van der Waals surface area contributed by atoms with Crippen LogP contribution in [0.5, 0.6) is 0 Å². The molecule has 0 aliphatic heterocycles. The summed E-state index contributed by atoms with van der Waals surface area (Å²) in [6.45, 7) is 12.1. The first-order valence-electron chi connectivity index (χ1n) is 21.1. The van der Waals surface area contributed by atoms with Crippen LogP contribution >= 0.6 is 0 Å². The molecule has 61 heavy (non-hydrogen) atoms. The Balaban J connectivity index is 0.00000238. The van der Waals surface area contributed by atoms with E-state index in [9.17, 15) is 0 Å². The summed E-state index contributed by atoms with van der Waals surface area (Å²) in [6, 6.07) is 67.5. The molecule has 0 amide bonds. The SMILES string of the molecule is CC1=C(c2cccc3cc4ccccc4cc23)c2ccc(C)cc2[CH]1[Zr+2](=[SiH2])([CH2]c1ccccc1)[CH]1C(C)=C(c2cccc3cc4ccccc4cc23)c2ccc(C)cc21.[Cl-].[Cl-]. The van der Waals surface area contributed by atoms with Crippen molar-refractivity contribution < 1.29 is 43.7 Å². The van der Waals surface area contributed by atoms with Gasteiger partial charge in [0.1, 0.15) is 0 Å². The van der Waals surface area contributed by atoms with Crippen molar-refractivity contribution in [1.82, 2.24) is 0 Å². The number of hydrogen-bond donors (Lipinski definition) is 0. The summed E-state index contributed by atoms with van der Waals surface area (Å²) < 4.78 is 1.96. The molecule has 0 saturated carbocycles. The quantitative estimate of drug-likeness (QED) is 0.117. The summed E-state index contributed by atoms with van der Waals surface area (Å²) in [4.78, 5) is 0. The fourth-order valence-corrected chi connectivity index (χ4v) is 32.8. The number of fused-ring (bicyclic) bond motifs is 6. The van der Waals surface area contributed by atoms with E-state index in [2.05, 4.69) is 210 Å². The number of rotatable bonds is 6. The molecule has 9 aromatic rings. The van der Waals surface area contributed by atoms with Crippen LogP contribution in [0.4, 0.5) is 0 Å². The molecule has 2 atom stereocenters. The van der Waals surface area contributed by atoms with E-state index in [1.165, 1.54) is 97.3 Å². The molecular formula is C57H47Cl2SiZr. The van der Waals surface area contributed by atoms with Gasteiger partial charge in [0.2, 0.25) is 0 Å². The predicted molar refractivity (Wildman–Crippen MR) is 253 cm³/mol. The first-order chi connectivity index (χ1) is 28.8. The molecule has 0 spiro atoms. The van der Waals surface area contributed by atoms with Crippen LogP contribution in [0.1, 0.15) is 71.2 Å². The molecule has 2 unspecified atom stereocenters. The minimum atomic E-state index is -3.62. The van der Waals surface area contributed by atoms with Crippen LogP contribution in [0.25, 0.3) is 54.2 Å². The fraction of sp³-hybridized carbons (Fsp3) is 0.123. The van der Waals surface area contributed by atoms with Gasteiger partial charge in [0.05, 0.1) is 0 Å².